The van der Waals surface area contributed by atoms with Gasteiger partial charge in [0.15, 0.2) is 9.47 Å². The summed E-state index contributed by atoms with van der Waals surface area (Å²) in [4.78, 5) is 21.7. The SMILES string of the molecule is O=C(CSc1nc2ccccc2s1)Nc1nc2ccc(S(=O)(=O)N3CCCCC3)cc2s1. The molecule has 7 nitrogen and oxygen atoms in total. The molecule has 32 heavy (non-hydrogen) atoms. The smallest absolute Gasteiger partial charge is 0.243 e. The van der Waals surface area contributed by atoms with Crippen LogP contribution in [0.25, 0.3) is 20.4 Å². The van der Waals surface area contributed by atoms with E-state index in [0.29, 0.717) is 23.7 Å². The Morgan fingerprint density at radius 2 is 1.78 bits per heavy atom. The Morgan fingerprint density at radius 3 is 2.59 bits per heavy atom. The van der Waals surface area contributed by atoms with Crippen molar-refractivity contribution in [3.63, 3.8) is 0 Å². The van der Waals surface area contributed by atoms with E-state index < -0.39 is 10.0 Å². The van der Waals surface area contributed by atoms with E-state index in [-0.39, 0.29) is 16.6 Å². The summed E-state index contributed by atoms with van der Waals surface area (Å²) in [6, 6.07) is 12.8. The van der Waals surface area contributed by atoms with Gasteiger partial charge in [-0.1, -0.05) is 41.7 Å². The van der Waals surface area contributed by atoms with Crippen molar-refractivity contribution in [3.8, 4) is 0 Å². The van der Waals surface area contributed by atoms with Crippen LogP contribution in [-0.4, -0.2) is 47.4 Å². The second kappa shape index (κ2) is 9.06. The summed E-state index contributed by atoms with van der Waals surface area (Å²) >= 11 is 4.23. The van der Waals surface area contributed by atoms with E-state index in [0.717, 1.165) is 38.5 Å². The summed E-state index contributed by atoms with van der Waals surface area (Å²) < 4.78 is 30.1. The number of carbonyl (C=O) groups is 1. The molecule has 1 N–H and O–H groups in total. The standard InChI is InChI=1S/C21H20N4O3S4/c26-19(13-29-21-23-15-6-2-3-7-17(15)31-21)24-20-22-16-9-8-14(12-18(16)30-20)32(27,28)25-10-4-1-5-11-25/h2-3,6-9,12H,1,4-5,10-11,13H2,(H,22,24,26). The molecule has 0 bridgehead atoms. The Kier molecular flexibility index (Phi) is 6.17. The zero-order chi connectivity index (χ0) is 22.1. The highest BCUT2D eigenvalue weighted by atomic mass is 32.2. The minimum atomic E-state index is -3.50. The predicted molar refractivity (Wildman–Crippen MR) is 131 cm³/mol. The van der Waals surface area contributed by atoms with Gasteiger partial charge in [-0.25, -0.2) is 18.4 Å². The van der Waals surface area contributed by atoms with Crippen molar-refractivity contribution in [3.05, 3.63) is 42.5 Å². The lowest BCUT2D eigenvalue weighted by Gasteiger charge is -2.25. The van der Waals surface area contributed by atoms with Gasteiger partial charge in [0, 0.05) is 13.1 Å². The first kappa shape index (κ1) is 21.8. The van der Waals surface area contributed by atoms with Crippen molar-refractivity contribution in [2.75, 3.05) is 24.2 Å². The number of benzene rings is 2. The third-order valence-corrected chi connectivity index (χ3v) is 10.2. The zero-order valence-electron chi connectivity index (χ0n) is 17.0. The average molecular weight is 505 g/mol. The lowest BCUT2D eigenvalue weighted by Crippen LogP contribution is -2.35. The number of piperidine rings is 1. The molecule has 2 aromatic heterocycles. The Morgan fingerprint density at radius 1 is 1.00 bits per heavy atom. The van der Waals surface area contributed by atoms with Crippen molar-refractivity contribution in [1.82, 2.24) is 14.3 Å². The Bertz CT molecular complexity index is 1360. The van der Waals surface area contributed by atoms with Gasteiger partial charge in [0.25, 0.3) is 0 Å². The van der Waals surface area contributed by atoms with E-state index in [4.69, 9.17) is 0 Å². The van der Waals surface area contributed by atoms with Crippen LogP contribution in [0, 0.1) is 0 Å². The third kappa shape index (κ3) is 4.53. The number of hydrogen-bond acceptors (Lipinski definition) is 8. The molecular weight excluding hydrogens is 485 g/mol. The lowest BCUT2D eigenvalue weighted by atomic mass is 10.2. The van der Waals surface area contributed by atoms with E-state index in [1.54, 1.807) is 33.8 Å². The number of sulfonamides is 1. The molecule has 0 spiro atoms. The number of nitrogens with one attached hydrogen (secondary N) is 1. The monoisotopic (exact) mass is 504 g/mol. The van der Waals surface area contributed by atoms with E-state index in [2.05, 4.69) is 15.3 Å². The van der Waals surface area contributed by atoms with Gasteiger partial charge in [-0.3, -0.25) is 4.79 Å². The molecule has 0 aliphatic carbocycles. The minimum absolute atomic E-state index is 0.172. The summed E-state index contributed by atoms with van der Waals surface area (Å²) in [6.45, 7) is 1.13. The summed E-state index contributed by atoms with van der Waals surface area (Å²) in [5.41, 5.74) is 1.60. The number of nitrogens with zero attached hydrogens (tertiary/aromatic N) is 3. The number of rotatable bonds is 6. The van der Waals surface area contributed by atoms with Crippen LogP contribution < -0.4 is 5.32 Å². The van der Waals surface area contributed by atoms with Gasteiger partial charge in [0.2, 0.25) is 15.9 Å². The van der Waals surface area contributed by atoms with Gasteiger partial charge in [-0.15, -0.1) is 11.3 Å². The Balaban J connectivity index is 1.26. The maximum Gasteiger partial charge on any atom is 0.243 e. The maximum atomic E-state index is 12.9. The average Bonchev–Trinajstić information content (AvgIpc) is 3.40. The fraction of sp³-hybridized carbons (Fsp3) is 0.286. The van der Waals surface area contributed by atoms with E-state index in [9.17, 15) is 13.2 Å². The Hall–Kier alpha value is -2.05. The number of thioether (sulfide) groups is 1. The highest BCUT2D eigenvalue weighted by Gasteiger charge is 2.26. The number of thiazole rings is 2. The Labute approximate surface area is 197 Å². The summed E-state index contributed by atoms with van der Waals surface area (Å²) in [5, 5.41) is 3.28. The van der Waals surface area contributed by atoms with E-state index in [1.165, 1.54) is 23.1 Å². The van der Waals surface area contributed by atoms with Crippen LogP contribution in [0.15, 0.2) is 51.7 Å². The van der Waals surface area contributed by atoms with Crippen LogP contribution in [0.2, 0.25) is 0 Å². The highest BCUT2D eigenvalue weighted by molar-refractivity contribution is 8.01. The number of para-hydroxylation sites is 1. The molecule has 5 rings (SSSR count). The van der Waals surface area contributed by atoms with Crippen LogP contribution in [0.1, 0.15) is 19.3 Å². The second-order valence-electron chi connectivity index (χ2n) is 7.40. The second-order valence-corrected chi connectivity index (χ2v) is 12.6. The molecule has 1 aliphatic rings. The van der Waals surface area contributed by atoms with E-state index >= 15 is 0 Å². The van der Waals surface area contributed by atoms with Crippen LogP contribution in [0.5, 0.6) is 0 Å². The van der Waals surface area contributed by atoms with Gasteiger partial charge in [-0.05, 0) is 43.2 Å². The molecule has 0 saturated carbocycles. The van der Waals surface area contributed by atoms with Gasteiger partial charge >= 0.3 is 0 Å². The molecule has 0 atom stereocenters. The van der Waals surface area contributed by atoms with Crippen molar-refractivity contribution in [2.45, 2.75) is 28.5 Å². The first-order chi connectivity index (χ1) is 15.5. The number of hydrogen-bond donors (Lipinski definition) is 1. The first-order valence-electron chi connectivity index (χ1n) is 10.2. The lowest BCUT2D eigenvalue weighted by molar-refractivity contribution is -0.113. The molecule has 11 heteroatoms. The number of anilines is 1. The molecule has 1 aliphatic heterocycles. The fourth-order valence-corrected chi connectivity index (χ4v) is 7.98. The normalized spacial score (nSPS) is 15.4. The molecule has 1 amide bonds. The van der Waals surface area contributed by atoms with Crippen LogP contribution >= 0.6 is 34.4 Å². The highest BCUT2D eigenvalue weighted by Crippen LogP contribution is 2.31. The van der Waals surface area contributed by atoms with Gasteiger partial charge in [-0.2, -0.15) is 4.31 Å². The number of amides is 1. The summed E-state index contributed by atoms with van der Waals surface area (Å²) in [7, 11) is -3.50. The first-order valence-corrected chi connectivity index (χ1v) is 14.2. The molecule has 1 fully saturated rings. The summed E-state index contributed by atoms with van der Waals surface area (Å²) in [5.74, 6) is 0.0547. The molecular formula is C21H20N4O3S4. The third-order valence-electron chi connectivity index (χ3n) is 5.16. The molecule has 1 saturated heterocycles. The van der Waals surface area contributed by atoms with Crippen LogP contribution in [0.4, 0.5) is 5.13 Å². The molecule has 0 radical (unpaired) electrons. The minimum Gasteiger partial charge on any atom is -0.301 e. The number of aromatic nitrogens is 2. The van der Waals surface area contributed by atoms with Gasteiger partial charge in [0.1, 0.15) is 0 Å². The van der Waals surface area contributed by atoms with E-state index in [1.807, 2.05) is 24.3 Å². The molecule has 2 aromatic carbocycles. The predicted octanol–water partition coefficient (Wildman–Crippen LogP) is 4.81. The number of fused-ring (bicyclic) bond motifs is 2. The van der Waals surface area contributed by atoms with Crippen molar-refractivity contribution in [1.29, 1.82) is 0 Å². The van der Waals surface area contributed by atoms with Crippen LogP contribution in [-0.2, 0) is 14.8 Å². The van der Waals surface area contributed by atoms with Crippen molar-refractivity contribution >= 4 is 75.9 Å². The largest absolute Gasteiger partial charge is 0.301 e. The van der Waals surface area contributed by atoms with Gasteiger partial charge < -0.3 is 5.32 Å². The van der Waals surface area contributed by atoms with Crippen molar-refractivity contribution < 1.29 is 13.2 Å². The van der Waals surface area contributed by atoms with Gasteiger partial charge in [0.05, 0.1) is 31.1 Å². The van der Waals surface area contributed by atoms with Crippen molar-refractivity contribution in [2.24, 2.45) is 0 Å². The van der Waals surface area contributed by atoms with Crippen LogP contribution in [0.3, 0.4) is 0 Å². The zero-order valence-corrected chi connectivity index (χ0v) is 20.2. The maximum absolute atomic E-state index is 12.9. The quantitative estimate of drug-likeness (QED) is 0.379. The molecule has 166 valence electrons. The summed E-state index contributed by atoms with van der Waals surface area (Å²) in [6.07, 6.45) is 2.86. The fourth-order valence-electron chi connectivity index (χ4n) is 3.57. The molecule has 4 aromatic rings. The molecule has 3 heterocycles. The number of carbonyl (C=O) groups excluding carboxylic acids is 1. The molecule has 0 unspecified atom stereocenters. The topological polar surface area (TPSA) is 92.3 Å².